The van der Waals surface area contributed by atoms with Gasteiger partial charge in [-0.05, 0) is 11.4 Å². The first-order valence-corrected chi connectivity index (χ1v) is 5.38. The van der Waals surface area contributed by atoms with Crippen LogP contribution in [0.2, 0.25) is 0 Å². The van der Waals surface area contributed by atoms with Gasteiger partial charge in [-0.1, -0.05) is 24.3 Å². The van der Waals surface area contributed by atoms with E-state index in [-0.39, 0.29) is 0 Å². The van der Waals surface area contributed by atoms with Crippen molar-refractivity contribution in [3.8, 4) is 11.3 Å². The fraction of sp³-hybridized carbons (Fsp3) is 0. The van der Waals surface area contributed by atoms with Crippen molar-refractivity contribution in [2.75, 3.05) is 0 Å². The highest BCUT2D eigenvalue weighted by molar-refractivity contribution is 7.08. The fourth-order valence-corrected chi connectivity index (χ4v) is 2.25. The van der Waals surface area contributed by atoms with E-state index in [2.05, 4.69) is 29.0 Å². The first-order chi connectivity index (χ1) is 6.95. The maximum absolute atomic E-state index is 5.57. The molecule has 0 radical (unpaired) electrons. The van der Waals surface area contributed by atoms with E-state index < -0.39 is 0 Å². The number of hydrogen-bond donors (Lipinski definition) is 0. The van der Waals surface area contributed by atoms with Crippen molar-refractivity contribution in [2.45, 2.75) is 0 Å². The molecule has 2 heterocycles. The van der Waals surface area contributed by atoms with Crippen LogP contribution in [0.4, 0.5) is 0 Å². The molecule has 0 saturated carbocycles. The van der Waals surface area contributed by atoms with Crippen LogP contribution in [-0.4, -0.2) is 0 Å². The molecule has 3 rings (SSSR count). The van der Waals surface area contributed by atoms with Crippen molar-refractivity contribution in [3.05, 3.63) is 47.4 Å². The Hall–Kier alpha value is -1.54. The Bertz CT molecular complexity index is 548. The predicted octanol–water partition coefficient (Wildman–Crippen LogP) is 4.16. The summed E-state index contributed by atoms with van der Waals surface area (Å²) in [6.07, 6.45) is 1.81. The predicted molar refractivity (Wildman–Crippen MR) is 59.5 cm³/mol. The van der Waals surface area contributed by atoms with E-state index >= 15 is 0 Å². The van der Waals surface area contributed by atoms with Gasteiger partial charge < -0.3 is 4.42 Å². The summed E-state index contributed by atoms with van der Waals surface area (Å²) in [5, 5.41) is 6.51. The maximum atomic E-state index is 5.57. The molecular weight excluding hydrogens is 192 g/mol. The first-order valence-electron chi connectivity index (χ1n) is 4.44. The zero-order chi connectivity index (χ0) is 9.38. The van der Waals surface area contributed by atoms with E-state index in [4.69, 9.17) is 4.42 Å². The smallest absolute Gasteiger partial charge is 0.142 e. The van der Waals surface area contributed by atoms with Gasteiger partial charge >= 0.3 is 0 Å². The van der Waals surface area contributed by atoms with Crippen LogP contribution in [0, 0.1) is 0 Å². The number of fused-ring (bicyclic) bond motifs is 1. The summed E-state index contributed by atoms with van der Waals surface area (Å²) in [5.41, 5.74) is 1.16. The van der Waals surface area contributed by atoms with Gasteiger partial charge in [0.2, 0.25) is 0 Å². The van der Waals surface area contributed by atoms with Crippen LogP contribution in [0.3, 0.4) is 0 Å². The third-order valence-electron chi connectivity index (χ3n) is 2.29. The van der Waals surface area contributed by atoms with Gasteiger partial charge in [-0.2, -0.15) is 11.3 Å². The monoisotopic (exact) mass is 200 g/mol. The molecule has 0 aliphatic rings. The molecule has 0 fully saturated rings. The van der Waals surface area contributed by atoms with Crippen molar-refractivity contribution in [3.63, 3.8) is 0 Å². The zero-order valence-electron chi connectivity index (χ0n) is 7.44. The average Bonchev–Trinajstić information content (AvgIpc) is 2.85. The molecule has 2 heteroatoms. The molecule has 0 saturated heterocycles. The van der Waals surface area contributed by atoms with Gasteiger partial charge in [0.15, 0.2) is 0 Å². The minimum absolute atomic E-state index is 0.974. The number of thiophene rings is 1. The summed E-state index contributed by atoms with van der Waals surface area (Å²) in [6.45, 7) is 0. The average molecular weight is 200 g/mol. The van der Waals surface area contributed by atoms with Crippen LogP contribution in [0.1, 0.15) is 0 Å². The highest BCUT2D eigenvalue weighted by Gasteiger charge is 2.07. The second kappa shape index (κ2) is 3.00. The molecule has 0 amide bonds. The Morgan fingerprint density at radius 1 is 1.07 bits per heavy atom. The molecule has 2 aromatic heterocycles. The Labute approximate surface area is 85.6 Å². The molecule has 1 aromatic carbocycles. The lowest BCUT2D eigenvalue weighted by Crippen LogP contribution is -1.68. The normalized spacial score (nSPS) is 10.9. The third-order valence-corrected chi connectivity index (χ3v) is 2.98. The van der Waals surface area contributed by atoms with E-state index in [9.17, 15) is 0 Å². The Kier molecular flexibility index (Phi) is 1.67. The van der Waals surface area contributed by atoms with Crippen LogP contribution >= 0.6 is 11.3 Å². The largest absolute Gasteiger partial charge is 0.463 e. The lowest BCUT2D eigenvalue weighted by molar-refractivity contribution is 0.587. The quantitative estimate of drug-likeness (QED) is 0.574. The van der Waals surface area contributed by atoms with Crippen molar-refractivity contribution in [2.24, 2.45) is 0 Å². The topological polar surface area (TPSA) is 13.1 Å². The fourth-order valence-electron chi connectivity index (χ4n) is 1.61. The first kappa shape index (κ1) is 7.83. The molecule has 0 aliphatic heterocycles. The maximum Gasteiger partial charge on any atom is 0.142 e. The molecule has 1 nitrogen and oxygen atoms in total. The lowest BCUT2D eigenvalue weighted by Gasteiger charge is -1.91. The zero-order valence-corrected chi connectivity index (χ0v) is 8.25. The summed E-state index contributed by atoms with van der Waals surface area (Å²) in [4.78, 5) is 0. The molecule has 68 valence electrons. The Morgan fingerprint density at radius 2 is 2.00 bits per heavy atom. The number of furan rings is 1. The molecule has 0 bridgehead atoms. The van der Waals surface area contributed by atoms with Gasteiger partial charge in [0.25, 0.3) is 0 Å². The summed E-state index contributed by atoms with van der Waals surface area (Å²) >= 11 is 1.69. The third kappa shape index (κ3) is 1.08. The van der Waals surface area contributed by atoms with Crippen molar-refractivity contribution in [1.82, 2.24) is 0 Å². The van der Waals surface area contributed by atoms with Gasteiger partial charge in [0.1, 0.15) is 5.76 Å². The summed E-state index contributed by atoms with van der Waals surface area (Å²) in [5.74, 6) is 0.974. The van der Waals surface area contributed by atoms with Gasteiger partial charge in [-0.3, -0.25) is 0 Å². The van der Waals surface area contributed by atoms with Crippen LogP contribution in [-0.2, 0) is 0 Å². The Balaban J connectivity index is 2.33. The number of rotatable bonds is 1. The standard InChI is InChI=1S/C12H8OS/c1-2-4-11-9(3-1)7-13-12(11)10-5-6-14-8-10/h1-8H. The molecule has 0 atom stereocenters. The summed E-state index contributed by atoms with van der Waals surface area (Å²) < 4.78 is 5.57. The second-order valence-corrected chi connectivity index (χ2v) is 3.94. The molecule has 0 spiro atoms. The van der Waals surface area contributed by atoms with E-state index in [1.807, 2.05) is 18.4 Å². The molecule has 0 aliphatic carbocycles. The van der Waals surface area contributed by atoms with Crippen LogP contribution in [0.25, 0.3) is 22.1 Å². The lowest BCUT2D eigenvalue weighted by atomic mass is 10.1. The van der Waals surface area contributed by atoms with Crippen LogP contribution < -0.4 is 0 Å². The van der Waals surface area contributed by atoms with Crippen LogP contribution in [0.5, 0.6) is 0 Å². The molecule has 0 N–H and O–H groups in total. The van der Waals surface area contributed by atoms with E-state index in [1.54, 1.807) is 11.3 Å². The minimum Gasteiger partial charge on any atom is -0.463 e. The summed E-state index contributed by atoms with van der Waals surface area (Å²) in [7, 11) is 0. The van der Waals surface area contributed by atoms with Crippen molar-refractivity contribution in [1.29, 1.82) is 0 Å². The molecule has 14 heavy (non-hydrogen) atoms. The van der Waals surface area contributed by atoms with Gasteiger partial charge in [-0.25, -0.2) is 0 Å². The molecular formula is C12H8OS. The SMILES string of the molecule is c1ccc2c(-c3ccsc3)occ2c1. The highest BCUT2D eigenvalue weighted by atomic mass is 32.1. The van der Waals surface area contributed by atoms with Gasteiger partial charge in [0.05, 0.1) is 6.26 Å². The number of hydrogen-bond acceptors (Lipinski definition) is 2. The Morgan fingerprint density at radius 3 is 2.86 bits per heavy atom. The van der Waals surface area contributed by atoms with E-state index in [0.717, 1.165) is 16.7 Å². The summed E-state index contributed by atoms with van der Waals surface area (Å²) in [6, 6.07) is 10.3. The van der Waals surface area contributed by atoms with Crippen LogP contribution in [0.15, 0.2) is 51.8 Å². The molecule has 3 aromatic rings. The van der Waals surface area contributed by atoms with Crippen molar-refractivity contribution < 1.29 is 4.42 Å². The second-order valence-electron chi connectivity index (χ2n) is 3.16. The highest BCUT2D eigenvalue weighted by Crippen LogP contribution is 2.31. The minimum atomic E-state index is 0.974. The van der Waals surface area contributed by atoms with Gasteiger partial charge in [0, 0.05) is 21.7 Å². The van der Waals surface area contributed by atoms with Crippen molar-refractivity contribution >= 4 is 22.1 Å². The molecule has 0 unspecified atom stereocenters. The van der Waals surface area contributed by atoms with E-state index in [0.29, 0.717) is 0 Å². The number of benzene rings is 1. The van der Waals surface area contributed by atoms with E-state index in [1.165, 1.54) is 5.39 Å². The van der Waals surface area contributed by atoms with Gasteiger partial charge in [-0.15, -0.1) is 0 Å².